The van der Waals surface area contributed by atoms with Crippen LogP contribution in [0.4, 0.5) is 8.78 Å². The summed E-state index contributed by atoms with van der Waals surface area (Å²) in [4.78, 5) is 6.39. The lowest BCUT2D eigenvalue weighted by molar-refractivity contribution is 0.145. The molecule has 0 spiro atoms. The Hall–Kier alpha value is -1.07. The summed E-state index contributed by atoms with van der Waals surface area (Å²) >= 11 is 0. The lowest BCUT2D eigenvalue weighted by atomic mass is 9.93. The first kappa shape index (κ1) is 13.4. The minimum absolute atomic E-state index is 0.114. The number of likely N-dealkylation sites (tertiary alicyclic amines) is 1. The van der Waals surface area contributed by atoms with E-state index < -0.39 is 6.43 Å². The Morgan fingerprint density at radius 2 is 2.06 bits per heavy atom. The molecule has 0 aliphatic carbocycles. The van der Waals surface area contributed by atoms with Gasteiger partial charge in [0, 0.05) is 24.7 Å². The Morgan fingerprint density at radius 3 is 2.67 bits per heavy atom. The van der Waals surface area contributed by atoms with E-state index in [1.54, 1.807) is 6.07 Å². The van der Waals surface area contributed by atoms with E-state index in [0.717, 1.165) is 38.2 Å². The van der Waals surface area contributed by atoms with Gasteiger partial charge in [0.05, 0.1) is 0 Å². The highest BCUT2D eigenvalue weighted by Crippen LogP contribution is 2.28. The molecule has 3 nitrogen and oxygen atoms in total. The van der Waals surface area contributed by atoms with E-state index in [4.69, 9.17) is 5.73 Å². The fourth-order valence-corrected chi connectivity index (χ4v) is 2.45. The maximum absolute atomic E-state index is 12.6. The van der Waals surface area contributed by atoms with Gasteiger partial charge in [-0.25, -0.2) is 8.78 Å². The van der Waals surface area contributed by atoms with Crippen molar-refractivity contribution < 1.29 is 8.78 Å². The van der Waals surface area contributed by atoms with Gasteiger partial charge in [-0.2, -0.15) is 0 Å². The zero-order valence-electron chi connectivity index (χ0n) is 10.4. The molecule has 1 aromatic rings. The van der Waals surface area contributed by atoms with Crippen molar-refractivity contribution in [3.05, 3.63) is 29.6 Å². The van der Waals surface area contributed by atoms with Crippen molar-refractivity contribution in [2.24, 2.45) is 5.73 Å². The summed E-state index contributed by atoms with van der Waals surface area (Å²) in [6, 6.07) is 4.92. The number of nitrogens with zero attached hydrogens (tertiary/aromatic N) is 2. The van der Waals surface area contributed by atoms with E-state index >= 15 is 0 Å². The first-order valence-corrected chi connectivity index (χ1v) is 6.38. The summed E-state index contributed by atoms with van der Waals surface area (Å²) in [6.07, 6.45) is -0.540. The largest absolute Gasteiger partial charge is 0.329 e. The predicted octanol–water partition coefficient (Wildman–Crippen LogP) is 2.16. The maximum atomic E-state index is 12.6. The summed E-state index contributed by atoms with van der Waals surface area (Å²) in [5, 5.41) is 0. The van der Waals surface area contributed by atoms with E-state index in [-0.39, 0.29) is 5.69 Å². The molecule has 0 amide bonds. The van der Waals surface area contributed by atoms with Gasteiger partial charge in [0.15, 0.2) is 0 Å². The number of pyridine rings is 1. The Morgan fingerprint density at radius 1 is 1.33 bits per heavy atom. The van der Waals surface area contributed by atoms with Gasteiger partial charge in [0.2, 0.25) is 0 Å². The molecule has 1 aromatic heterocycles. The van der Waals surface area contributed by atoms with Crippen molar-refractivity contribution in [2.75, 3.05) is 26.2 Å². The number of piperidine rings is 1. The second-order valence-electron chi connectivity index (χ2n) is 4.69. The van der Waals surface area contributed by atoms with Crippen LogP contribution in [-0.4, -0.2) is 36.1 Å². The Labute approximate surface area is 106 Å². The molecule has 1 fully saturated rings. The van der Waals surface area contributed by atoms with E-state index in [1.165, 1.54) is 6.07 Å². The minimum Gasteiger partial charge on any atom is -0.329 e. The van der Waals surface area contributed by atoms with Crippen LogP contribution in [0.5, 0.6) is 0 Å². The summed E-state index contributed by atoms with van der Waals surface area (Å²) in [7, 11) is 0. The quantitative estimate of drug-likeness (QED) is 0.896. The van der Waals surface area contributed by atoms with Crippen molar-refractivity contribution in [3.63, 3.8) is 0 Å². The van der Waals surface area contributed by atoms with E-state index in [1.807, 2.05) is 6.07 Å². The van der Waals surface area contributed by atoms with Gasteiger partial charge in [0.1, 0.15) is 5.69 Å². The second kappa shape index (κ2) is 6.20. The fraction of sp³-hybridized carbons (Fsp3) is 0.615. The first-order valence-electron chi connectivity index (χ1n) is 6.38. The number of hydrogen-bond acceptors (Lipinski definition) is 3. The van der Waals surface area contributed by atoms with Crippen LogP contribution in [0.3, 0.4) is 0 Å². The van der Waals surface area contributed by atoms with Gasteiger partial charge in [-0.1, -0.05) is 6.07 Å². The third kappa shape index (κ3) is 3.23. The SMILES string of the molecule is NCCN1CCC(c2cccc(C(F)F)n2)CC1. The molecule has 2 rings (SSSR count). The molecule has 0 atom stereocenters. The number of nitrogens with two attached hydrogens (primary N) is 1. The summed E-state index contributed by atoms with van der Waals surface area (Å²) in [5.41, 5.74) is 6.21. The number of hydrogen-bond donors (Lipinski definition) is 1. The molecule has 2 N–H and O–H groups in total. The molecule has 0 aromatic carbocycles. The fourth-order valence-electron chi connectivity index (χ4n) is 2.45. The monoisotopic (exact) mass is 255 g/mol. The zero-order valence-corrected chi connectivity index (χ0v) is 10.4. The van der Waals surface area contributed by atoms with Crippen LogP contribution in [-0.2, 0) is 0 Å². The Bertz CT molecular complexity index is 376. The Kier molecular flexibility index (Phi) is 4.60. The first-order chi connectivity index (χ1) is 8.70. The van der Waals surface area contributed by atoms with E-state index in [9.17, 15) is 8.78 Å². The molecule has 0 unspecified atom stereocenters. The van der Waals surface area contributed by atoms with Crippen molar-refractivity contribution in [2.45, 2.75) is 25.2 Å². The third-order valence-corrected chi connectivity index (χ3v) is 3.47. The highest BCUT2D eigenvalue weighted by atomic mass is 19.3. The molecule has 5 heteroatoms. The van der Waals surface area contributed by atoms with Crippen molar-refractivity contribution in [1.29, 1.82) is 0 Å². The van der Waals surface area contributed by atoms with Crippen molar-refractivity contribution in [3.8, 4) is 0 Å². The lowest BCUT2D eigenvalue weighted by Gasteiger charge is -2.31. The summed E-state index contributed by atoms with van der Waals surface area (Å²) in [6.45, 7) is 3.53. The molecule has 2 heterocycles. The number of aromatic nitrogens is 1. The molecular weight excluding hydrogens is 236 g/mol. The molecule has 1 saturated heterocycles. The van der Waals surface area contributed by atoms with Crippen LogP contribution in [0, 0.1) is 0 Å². The van der Waals surface area contributed by atoms with Crippen LogP contribution < -0.4 is 5.73 Å². The van der Waals surface area contributed by atoms with Gasteiger partial charge in [-0.15, -0.1) is 0 Å². The van der Waals surface area contributed by atoms with Crippen LogP contribution in [0.25, 0.3) is 0 Å². The number of halogens is 2. The van der Waals surface area contributed by atoms with Crippen LogP contribution in [0.2, 0.25) is 0 Å². The number of alkyl halides is 2. The molecule has 100 valence electrons. The highest BCUT2D eigenvalue weighted by molar-refractivity contribution is 5.16. The van der Waals surface area contributed by atoms with E-state index in [0.29, 0.717) is 12.5 Å². The van der Waals surface area contributed by atoms with E-state index in [2.05, 4.69) is 9.88 Å². The molecule has 0 radical (unpaired) electrons. The molecule has 18 heavy (non-hydrogen) atoms. The van der Waals surface area contributed by atoms with Gasteiger partial charge in [-0.3, -0.25) is 4.98 Å². The average Bonchev–Trinajstić information content (AvgIpc) is 2.40. The lowest BCUT2D eigenvalue weighted by Crippen LogP contribution is -2.36. The molecule has 1 aliphatic rings. The maximum Gasteiger partial charge on any atom is 0.280 e. The average molecular weight is 255 g/mol. The molecular formula is C13H19F2N3. The molecule has 1 aliphatic heterocycles. The van der Waals surface area contributed by atoms with Crippen LogP contribution in [0.15, 0.2) is 18.2 Å². The zero-order chi connectivity index (χ0) is 13.0. The normalized spacial score (nSPS) is 18.4. The molecule has 0 saturated carbocycles. The summed E-state index contributed by atoms with van der Waals surface area (Å²) in [5.74, 6) is 0.303. The van der Waals surface area contributed by atoms with Crippen LogP contribution in [0.1, 0.15) is 36.6 Å². The van der Waals surface area contributed by atoms with Crippen LogP contribution >= 0.6 is 0 Å². The van der Waals surface area contributed by atoms with Crippen molar-refractivity contribution >= 4 is 0 Å². The number of rotatable bonds is 4. The standard InChI is InChI=1S/C13H19F2N3/c14-13(15)12-3-1-2-11(17-12)10-4-7-18(8-5-10)9-6-16/h1-3,10,13H,4-9,16H2. The van der Waals surface area contributed by atoms with Gasteiger partial charge in [0.25, 0.3) is 6.43 Å². The highest BCUT2D eigenvalue weighted by Gasteiger charge is 2.22. The smallest absolute Gasteiger partial charge is 0.280 e. The minimum atomic E-state index is -2.48. The van der Waals surface area contributed by atoms with Gasteiger partial charge < -0.3 is 10.6 Å². The third-order valence-electron chi connectivity index (χ3n) is 3.47. The Balaban J connectivity index is 1.98. The van der Waals surface area contributed by atoms with Gasteiger partial charge >= 0.3 is 0 Å². The molecule has 0 bridgehead atoms. The predicted molar refractivity (Wildman–Crippen MR) is 66.7 cm³/mol. The second-order valence-corrected chi connectivity index (χ2v) is 4.69. The van der Waals surface area contributed by atoms with Crippen molar-refractivity contribution in [1.82, 2.24) is 9.88 Å². The topological polar surface area (TPSA) is 42.1 Å². The summed E-state index contributed by atoms with van der Waals surface area (Å²) < 4.78 is 25.2. The van der Waals surface area contributed by atoms with Gasteiger partial charge in [-0.05, 0) is 38.1 Å².